The molecule has 3 aromatic heterocycles. The molecule has 0 aliphatic carbocycles. The largest absolute Gasteiger partial charge is 0.236 e. The second-order valence-electron chi connectivity index (χ2n) is 4.94. The summed E-state index contributed by atoms with van der Waals surface area (Å²) < 4.78 is 30.6. The normalized spacial score (nSPS) is 11.4. The first-order valence-electron chi connectivity index (χ1n) is 6.99. The maximum Gasteiger partial charge on any atom is 0.215 e. The highest BCUT2D eigenvalue weighted by atomic mass is 32.2. The smallest absolute Gasteiger partial charge is 0.215 e. The van der Waals surface area contributed by atoms with Gasteiger partial charge in [-0.15, -0.1) is 10.2 Å². The fourth-order valence-electron chi connectivity index (χ4n) is 1.95. The van der Waals surface area contributed by atoms with Crippen LogP contribution in [0.2, 0.25) is 0 Å². The molecule has 0 spiro atoms. The maximum atomic E-state index is 14.1. The van der Waals surface area contributed by atoms with Crippen LogP contribution in [0.15, 0.2) is 32.5 Å². The topological polar surface area (TPSA) is 113 Å². The second-order valence-corrected chi connectivity index (χ2v) is 6.85. The average Bonchev–Trinajstić information content (AvgIpc) is 3.21. The summed E-state index contributed by atoms with van der Waals surface area (Å²) >= 11 is 2.21. The van der Waals surface area contributed by atoms with Gasteiger partial charge >= 0.3 is 0 Å². The molecule has 0 radical (unpaired) electrons. The molecule has 3 heterocycles. The number of tetrazole rings is 2. The molecule has 0 fully saturated rings. The highest BCUT2D eigenvalue weighted by Crippen LogP contribution is 2.36. The zero-order valence-electron chi connectivity index (χ0n) is 13.2. The lowest BCUT2D eigenvalue weighted by Gasteiger charge is -2.08. The predicted octanol–water partition coefficient (Wildman–Crippen LogP) is 1.26. The molecule has 0 saturated carbocycles. The highest BCUT2D eigenvalue weighted by molar-refractivity contribution is 8.02. The average molecular weight is 394 g/mol. The van der Waals surface area contributed by atoms with Crippen molar-refractivity contribution >= 4 is 34.6 Å². The molecule has 1 aromatic carbocycles. The van der Waals surface area contributed by atoms with Gasteiger partial charge in [0.1, 0.15) is 15.6 Å². The van der Waals surface area contributed by atoms with Crippen LogP contribution in [0.5, 0.6) is 0 Å². The Bertz CT molecular complexity index is 1110. The molecule has 4 aromatic rings. The van der Waals surface area contributed by atoms with Crippen molar-refractivity contribution in [2.45, 2.75) is 20.4 Å². The van der Waals surface area contributed by atoms with Gasteiger partial charge in [0.25, 0.3) is 0 Å². The maximum absolute atomic E-state index is 14.1. The van der Waals surface area contributed by atoms with E-state index in [1.54, 1.807) is 14.1 Å². The van der Waals surface area contributed by atoms with Crippen LogP contribution >= 0.6 is 23.5 Å². The van der Waals surface area contributed by atoms with Gasteiger partial charge < -0.3 is 0 Å². The van der Waals surface area contributed by atoms with Crippen molar-refractivity contribution < 1.29 is 8.78 Å². The van der Waals surface area contributed by atoms with Crippen LogP contribution in [0.3, 0.4) is 0 Å². The molecule has 0 aliphatic heterocycles. The summed E-state index contributed by atoms with van der Waals surface area (Å²) in [6.45, 7) is 0. The molecule has 10 nitrogen and oxygen atoms in total. The molecule has 4 rings (SSSR count). The minimum absolute atomic E-state index is 0.178. The van der Waals surface area contributed by atoms with Crippen molar-refractivity contribution in [3.05, 3.63) is 23.8 Å². The fourth-order valence-corrected chi connectivity index (χ4v) is 3.59. The number of hydrogen-bond acceptors (Lipinski definition) is 10. The van der Waals surface area contributed by atoms with E-state index < -0.39 is 11.6 Å². The van der Waals surface area contributed by atoms with Crippen molar-refractivity contribution in [3.8, 4) is 0 Å². The third-order valence-electron chi connectivity index (χ3n) is 3.20. The predicted molar refractivity (Wildman–Crippen MR) is 85.3 cm³/mol. The third kappa shape index (κ3) is 2.96. The van der Waals surface area contributed by atoms with Gasteiger partial charge in [0.05, 0.1) is 5.52 Å². The molecule has 0 unspecified atom stereocenters. The fraction of sp³-hybridized carbons (Fsp3) is 0.167. The Hall–Kier alpha value is -2.74. The molecule has 132 valence electrons. The molecular formula is C12H8F2N10S2. The Morgan fingerprint density at radius 2 is 1.42 bits per heavy atom. The van der Waals surface area contributed by atoms with Crippen LogP contribution in [0.1, 0.15) is 0 Å². The monoisotopic (exact) mass is 394 g/mol. The molecule has 0 saturated heterocycles. The van der Waals surface area contributed by atoms with Crippen LogP contribution in [-0.4, -0.2) is 50.4 Å². The molecule has 0 bridgehead atoms. The summed E-state index contributed by atoms with van der Waals surface area (Å²) in [5.74, 6) is -2.06. The zero-order valence-corrected chi connectivity index (χ0v) is 14.8. The van der Waals surface area contributed by atoms with E-state index in [-0.39, 0.29) is 11.0 Å². The first-order chi connectivity index (χ1) is 12.5. The first kappa shape index (κ1) is 16.7. The number of nitrogens with zero attached hydrogens (tertiary/aromatic N) is 10. The Morgan fingerprint density at radius 3 is 1.96 bits per heavy atom. The summed E-state index contributed by atoms with van der Waals surface area (Å²) in [7, 11) is 3.32. The van der Waals surface area contributed by atoms with Gasteiger partial charge in [0.15, 0.2) is 11.6 Å². The Labute approximate surface area is 152 Å². The van der Waals surface area contributed by atoms with Crippen molar-refractivity contribution in [1.29, 1.82) is 0 Å². The Morgan fingerprint density at radius 1 is 0.846 bits per heavy atom. The second kappa shape index (κ2) is 6.53. The van der Waals surface area contributed by atoms with E-state index in [1.165, 1.54) is 15.4 Å². The van der Waals surface area contributed by atoms with Crippen molar-refractivity contribution in [2.75, 3.05) is 0 Å². The van der Waals surface area contributed by atoms with Gasteiger partial charge in [-0.1, -0.05) is 0 Å². The van der Waals surface area contributed by atoms with Crippen LogP contribution in [0.25, 0.3) is 11.0 Å². The third-order valence-corrected chi connectivity index (χ3v) is 5.35. The number of rotatable bonds is 4. The van der Waals surface area contributed by atoms with Gasteiger partial charge in [-0.2, -0.15) is 0 Å². The van der Waals surface area contributed by atoms with Gasteiger partial charge in [-0.05, 0) is 56.5 Å². The summed E-state index contributed by atoms with van der Waals surface area (Å²) in [5, 5.41) is 23.9. The first-order valence-corrected chi connectivity index (χ1v) is 8.62. The number of hydrogen-bond donors (Lipinski definition) is 0. The van der Waals surface area contributed by atoms with Crippen LogP contribution in [0.4, 0.5) is 8.78 Å². The number of halogens is 2. The Kier molecular flexibility index (Phi) is 4.20. The van der Waals surface area contributed by atoms with E-state index in [2.05, 4.69) is 41.0 Å². The highest BCUT2D eigenvalue weighted by Gasteiger charge is 2.20. The minimum atomic E-state index is -1.06. The number of aromatic nitrogens is 10. The van der Waals surface area contributed by atoms with E-state index in [4.69, 9.17) is 0 Å². The molecular weight excluding hydrogens is 386 g/mol. The van der Waals surface area contributed by atoms with Crippen molar-refractivity contribution in [3.63, 3.8) is 0 Å². The quantitative estimate of drug-likeness (QED) is 0.501. The van der Waals surface area contributed by atoms with Gasteiger partial charge in [-0.25, -0.2) is 28.1 Å². The van der Waals surface area contributed by atoms with E-state index in [9.17, 15) is 8.78 Å². The molecule has 26 heavy (non-hydrogen) atoms. The van der Waals surface area contributed by atoms with Crippen LogP contribution < -0.4 is 0 Å². The Balaban J connectivity index is 1.86. The van der Waals surface area contributed by atoms with Crippen molar-refractivity contribution in [2.24, 2.45) is 14.1 Å². The molecule has 14 heteroatoms. The molecule has 0 atom stereocenters. The molecule has 0 amide bonds. The summed E-state index contributed by atoms with van der Waals surface area (Å²) in [4.78, 5) is 8.63. The van der Waals surface area contributed by atoms with E-state index in [0.717, 1.165) is 29.6 Å². The number of fused-ring (bicyclic) bond motifs is 1. The molecule has 0 aliphatic rings. The van der Waals surface area contributed by atoms with E-state index in [1.807, 2.05) is 0 Å². The lowest BCUT2D eigenvalue weighted by Crippen LogP contribution is -2.00. The van der Waals surface area contributed by atoms with Gasteiger partial charge in [0, 0.05) is 14.1 Å². The summed E-state index contributed by atoms with van der Waals surface area (Å²) in [6.07, 6.45) is 0. The number of aryl methyl sites for hydroxylation is 2. The summed E-state index contributed by atoms with van der Waals surface area (Å²) in [6, 6.07) is 2.36. The lowest BCUT2D eigenvalue weighted by atomic mass is 10.3. The lowest BCUT2D eigenvalue weighted by molar-refractivity contribution is 0.514. The van der Waals surface area contributed by atoms with Gasteiger partial charge in [0.2, 0.25) is 10.3 Å². The van der Waals surface area contributed by atoms with Gasteiger partial charge in [-0.3, -0.25) is 0 Å². The van der Waals surface area contributed by atoms with E-state index in [0.29, 0.717) is 20.4 Å². The zero-order chi connectivity index (χ0) is 18.3. The van der Waals surface area contributed by atoms with Crippen LogP contribution in [0, 0.1) is 11.6 Å². The standard InChI is InChI=1S/C12H8F2N10S2/c1-23-11(17-19-21-23)25-9-10(26-12-18-20-22-24(12)2)16-8-6(15-9)4-3-5(13)7(8)14/h3-4H,1-2H3. The van der Waals surface area contributed by atoms with Crippen LogP contribution in [-0.2, 0) is 14.1 Å². The SMILES string of the molecule is Cn1nnnc1Sc1nc2ccc(F)c(F)c2nc1Sc1nnnn1C. The minimum Gasteiger partial charge on any atom is -0.236 e. The van der Waals surface area contributed by atoms with E-state index >= 15 is 0 Å². The number of benzene rings is 1. The van der Waals surface area contributed by atoms with Crippen molar-refractivity contribution in [1.82, 2.24) is 50.4 Å². The molecule has 0 N–H and O–H groups in total. The summed E-state index contributed by atoms with van der Waals surface area (Å²) in [5.41, 5.74) is 0.0324.